The highest BCUT2D eigenvalue weighted by molar-refractivity contribution is 5.83. The van der Waals surface area contributed by atoms with Gasteiger partial charge in [-0.3, -0.25) is 9.59 Å². The van der Waals surface area contributed by atoms with Crippen LogP contribution in [0.4, 0.5) is 0 Å². The lowest BCUT2D eigenvalue weighted by Gasteiger charge is -2.34. The molecule has 2 amide bonds. The fourth-order valence-electron chi connectivity index (χ4n) is 1.62. The van der Waals surface area contributed by atoms with Crippen LogP contribution in [0.15, 0.2) is 0 Å². The number of carbonyl (C=O) groups is 2. The number of carbonyl (C=O) groups excluding carboxylic acids is 2. The van der Waals surface area contributed by atoms with Crippen molar-refractivity contribution in [3.8, 4) is 0 Å². The molecular formula is C10H19N3O2. The highest BCUT2D eigenvalue weighted by atomic mass is 16.2. The van der Waals surface area contributed by atoms with Gasteiger partial charge >= 0.3 is 0 Å². The second-order valence-corrected chi connectivity index (χ2v) is 4.02. The number of nitrogens with zero attached hydrogens (tertiary/aromatic N) is 2. The number of piperazine rings is 1. The molecule has 1 aliphatic rings. The van der Waals surface area contributed by atoms with Crippen LogP contribution in [0.5, 0.6) is 0 Å². The summed E-state index contributed by atoms with van der Waals surface area (Å²) in [4.78, 5) is 26.1. The van der Waals surface area contributed by atoms with E-state index in [1.165, 1.54) is 11.8 Å². The van der Waals surface area contributed by atoms with Gasteiger partial charge in [-0.1, -0.05) is 0 Å². The Labute approximate surface area is 90.4 Å². The number of nitrogens with one attached hydrogen (secondary N) is 1. The van der Waals surface area contributed by atoms with E-state index in [2.05, 4.69) is 5.32 Å². The van der Waals surface area contributed by atoms with Gasteiger partial charge < -0.3 is 15.1 Å². The molecule has 0 spiro atoms. The van der Waals surface area contributed by atoms with Gasteiger partial charge in [0, 0.05) is 39.6 Å². The number of likely N-dealkylation sites (N-methyl/N-ethyl adjacent to an activating group) is 1. The molecule has 1 fully saturated rings. The van der Waals surface area contributed by atoms with Gasteiger partial charge in [0.05, 0.1) is 6.54 Å². The highest BCUT2D eigenvalue weighted by Crippen LogP contribution is 2.03. The molecule has 1 unspecified atom stereocenters. The lowest BCUT2D eigenvalue weighted by Crippen LogP contribution is -2.54. The molecule has 15 heavy (non-hydrogen) atoms. The molecule has 0 aromatic rings. The Morgan fingerprint density at radius 1 is 1.53 bits per heavy atom. The molecule has 0 saturated carbocycles. The Morgan fingerprint density at radius 3 is 2.73 bits per heavy atom. The summed E-state index contributed by atoms with van der Waals surface area (Å²) in [6.07, 6.45) is 0. The second-order valence-electron chi connectivity index (χ2n) is 4.02. The average Bonchev–Trinajstić information content (AvgIpc) is 2.18. The van der Waals surface area contributed by atoms with E-state index >= 15 is 0 Å². The van der Waals surface area contributed by atoms with Crippen molar-refractivity contribution in [1.82, 2.24) is 15.1 Å². The first-order chi connectivity index (χ1) is 7.02. The minimum atomic E-state index is -0.0777. The Kier molecular flexibility index (Phi) is 4.08. The van der Waals surface area contributed by atoms with Crippen molar-refractivity contribution in [2.75, 3.05) is 33.2 Å². The fourth-order valence-corrected chi connectivity index (χ4v) is 1.62. The standard InChI is InChI=1S/C10H19N3O2/c1-8-6-11-4-5-13(8)10(15)7-12(3)9(2)14/h8,11H,4-7H2,1-3H3. The van der Waals surface area contributed by atoms with Crippen LogP contribution in [0.3, 0.4) is 0 Å². The van der Waals surface area contributed by atoms with E-state index < -0.39 is 0 Å². The van der Waals surface area contributed by atoms with Gasteiger partial charge in [-0.15, -0.1) is 0 Å². The maximum absolute atomic E-state index is 11.8. The van der Waals surface area contributed by atoms with Crippen molar-refractivity contribution in [3.05, 3.63) is 0 Å². The Hall–Kier alpha value is -1.10. The zero-order chi connectivity index (χ0) is 11.4. The van der Waals surface area contributed by atoms with Gasteiger partial charge in [0.25, 0.3) is 0 Å². The Balaban J connectivity index is 2.48. The Bertz CT molecular complexity index is 255. The maximum atomic E-state index is 11.8. The van der Waals surface area contributed by atoms with Crippen molar-refractivity contribution in [1.29, 1.82) is 0 Å². The summed E-state index contributed by atoms with van der Waals surface area (Å²) in [5, 5.41) is 3.22. The summed E-state index contributed by atoms with van der Waals surface area (Å²) in [6.45, 7) is 6.05. The third kappa shape index (κ3) is 3.20. The van der Waals surface area contributed by atoms with Crippen LogP contribution in [0.25, 0.3) is 0 Å². The average molecular weight is 213 g/mol. The summed E-state index contributed by atoms with van der Waals surface area (Å²) in [6, 6.07) is 0.214. The van der Waals surface area contributed by atoms with Crippen LogP contribution >= 0.6 is 0 Å². The van der Waals surface area contributed by atoms with Gasteiger partial charge in [-0.25, -0.2) is 0 Å². The van der Waals surface area contributed by atoms with Crippen LogP contribution in [0, 0.1) is 0 Å². The topological polar surface area (TPSA) is 52.7 Å². The van der Waals surface area contributed by atoms with Gasteiger partial charge in [0.15, 0.2) is 0 Å². The van der Waals surface area contributed by atoms with Crippen LogP contribution < -0.4 is 5.32 Å². The fraction of sp³-hybridized carbons (Fsp3) is 0.800. The molecule has 1 rings (SSSR count). The molecule has 0 aliphatic carbocycles. The first-order valence-electron chi connectivity index (χ1n) is 5.24. The molecule has 5 heteroatoms. The maximum Gasteiger partial charge on any atom is 0.242 e. The first-order valence-corrected chi connectivity index (χ1v) is 5.24. The molecular weight excluding hydrogens is 194 g/mol. The highest BCUT2D eigenvalue weighted by Gasteiger charge is 2.23. The van der Waals surface area contributed by atoms with Crippen molar-refractivity contribution in [3.63, 3.8) is 0 Å². The van der Waals surface area contributed by atoms with E-state index in [9.17, 15) is 9.59 Å². The van der Waals surface area contributed by atoms with Crippen molar-refractivity contribution >= 4 is 11.8 Å². The number of amides is 2. The smallest absolute Gasteiger partial charge is 0.242 e. The third-order valence-corrected chi connectivity index (χ3v) is 2.73. The van der Waals surface area contributed by atoms with Crippen molar-refractivity contribution < 1.29 is 9.59 Å². The molecule has 1 N–H and O–H groups in total. The van der Waals surface area contributed by atoms with E-state index in [4.69, 9.17) is 0 Å². The van der Waals surface area contributed by atoms with E-state index in [0.717, 1.165) is 19.6 Å². The van der Waals surface area contributed by atoms with Crippen LogP contribution in [-0.2, 0) is 9.59 Å². The molecule has 86 valence electrons. The summed E-state index contributed by atoms with van der Waals surface area (Å²) >= 11 is 0. The van der Waals surface area contributed by atoms with E-state index in [1.54, 1.807) is 7.05 Å². The molecule has 1 aliphatic heterocycles. The third-order valence-electron chi connectivity index (χ3n) is 2.73. The normalized spacial score (nSPS) is 21.3. The quantitative estimate of drug-likeness (QED) is 0.659. The van der Waals surface area contributed by atoms with E-state index in [0.29, 0.717) is 0 Å². The molecule has 0 aromatic heterocycles. The molecule has 1 atom stereocenters. The number of rotatable bonds is 2. The van der Waals surface area contributed by atoms with Crippen molar-refractivity contribution in [2.45, 2.75) is 19.9 Å². The lowest BCUT2D eigenvalue weighted by molar-refractivity contribution is -0.140. The molecule has 0 bridgehead atoms. The SMILES string of the molecule is CC(=O)N(C)CC(=O)N1CCNCC1C. The van der Waals surface area contributed by atoms with Gasteiger partial charge in [-0.2, -0.15) is 0 Å². The molecule has 0 aromatic carbocycles. The molecule has 1 heterocycles. The molecule has 1 saturated heterocycles. The lowest BCUT2D eigenvalue weighted by atomic mass is 10.2. The summed E-state index contributed by atoms with van der Waals surface area (Å²) in [5.74, 6) is -0.0483. The second kappa shape index (κ2) is 5.11. The largest absolute Gasteiger partial charge is 0.337 e. The summed E-state index contributed by atoms with van der Waals surface area (Å²) in [5.41, 5.74) is 0. The summed E-state index contributed by atoms with van der Waals surface area (Å²) < 4.78 is 0. The van der Waals surface area contributed by atoms with E-state index in [-0.39, 0.29) is 24.4 Å². The monoisotopic (exact) mass is 213 g/mol. The Morgan fingerprint density at radius 2 is 2.20 bits per heavy atom. The van der Waals surface area contributed by atoms with E-state index in [1.807, 2.05) is 11.8 Å². The van der Waals surface area contributed by atoms with Crippen LogP contribution in [0.1, 0.15) is 13.8 Å². The van der Waals surface area contributed by atoms with Crippen LogP contribution in [-0.4, -0.2) is 60.9 Å². The summed E-state index contributed by atoms with van der Waals surface area (Å²) in [7, 11) is 1.65. The minimum Gasteiger partial charge on any atom is -0.337 e. The van der Waals surface area contributed by atoms with Gasteiger partial charge in [0.1, 0.15) is 0 Å². The minimum absolute atomic E-state index is 0.0294. The molecule has 5 nitrogen and oxygen atoms in total. The number of hydrogen-bond acceptors (Lipinski definition) is 3. The number of hydrogen-bond donors (Lipinski definition) is 1. The zero-order valence-corrected chi connectivity index (χ0v) is 9.62. The van der Waals surface area contributed by atoms with Crippen molar-refractivity contribution in [2.24, 2.45) is 0 Å². The van der Waals surface area contributed by atoms with Crippen LogP contribution in [0.2, 0.25) is 0 Å². The van der Waals surface area contributed by atoms with Gasteiger partial charge in [0.2, 0.25) is 11.8 Å². The predicted octanol–water partition coefficient (Wildman–Crippen LogP) is -0.715. The predicted molar refractivity (Wildman–Crippen MR) is 57.4 cm³/mol. The zero-order valence-electron chi connectivity index (χ0n) is 9.62. The molecule has 0 radical (unpaired) electrons. The van der Waals surface area contributed by atoms with Gasteiger partial charge in [-0.05, 0) is 6.92 Å². The first kappa shape index (κ1) is 12.0.